The molecule has 0 unspecified atom stereocenters. The van der Waals surface area contributed by atoms with Gasteiger partial charge in [-0.05, 0) is 73.9 Å². The molecular weight excluding hydrogens is 494 g/mol. The quantitative estimate of drug-likeness (QED) is 0.371. The fraction of sp³-hybridized carbons (Fsp3) is 0.333. The zero-order valence-electron chi connectivity index (χ0n) is 21.7. The number of aliphatic imine (C=N–C) groups is 1. The second-order valence-corrected chi connectivity index (χ2v) is 11.2. The highest BCUT2D eigenvalue weighted by atomic mass is 32.2. The first kappa shape index (κ1) is 24.7. The van der Waals surface area contributed by atoms with Gasteiger partial charge in [-0.25, -0.2) is 0 Å². The average molecular weight is 526 g/mol. The molecule has 194 valence electrons. The molecule has 1 aliphatic carbocycles. The number of carbonyl (C=O) groups is 1. The molecule has 7 nitrogen and oxygen atoms in total. The minimum Gasteiger partial charge on any atom is -0.492 e. The second-order valence-electron chi connectivity index (χ2n) is 10.3. The molecule has 0 bridgehead atoms. The largest absolute Gasteiger partial charge is 0.492 e. The monoisotopic (exact) mass is 525 g/mol. The Morgan fingerprint density at radius 1 is 1.11 bits per heavy atom. The van der Waals surface area contributed by atoms with Crippen molar-refractivity contribution in [2.45, 2.75) is 52.5 Å². The molecule has 1 saturated carbocycles. The lowest BCUT2D eigenvalue weighted by atomic mass is 9.90. The number of nitrogens with zero attached hydrogens (tertiary/aromatic N) is 4. The van der Waals surface area contributed by atoms with Crippen molar-refractivity contribution in [2.75, 3.05) is 6.61 Å². The maximum absolute atomic E-state index is 13.0. The summed E-state index contributed by atoms with van der Waals surface area (Å²) in [6.45, 7) is 5.31. The molecule has 1 amide bonds. The second kappa shape index (κ2) is 10.3. The van der Waals surface area contributed by atoms with Crippen molar-refractivity contribution in [3.63, 3.8) is 0 Å². The zero-order chi connectivity index (χ0) is 26.2. The van der Waals surface area contributed by atoms with Crippen LogP contribution in [0.1, 0.15) is 48.8 Å². The van der Waals surface area contributed by atoms with Gasteiger partial charge in [0.2, 0.25) is 5.17 Å². The summed E-state index contributed by atoms with van der Waals surface area (Å²) in [6, 6.07) is 14.3. The van der Waals surface area contributed by atoms with Crippen LogP contribution in [-0.4, -0.2) is 38.1 Å². The lowest BCUT2D eigenvalue weighted by Crippen LogP contribution is -2.35. The van der Waals surface area contributed by atoms with E-state index >= 15 is 0 Å². The first-order valence-electron chi connectivity index (χ1n) is 13.3. The van der Waals surface area contributed by atoms with E-state index in [1.54, 1.807) is 11.1 Å². The smallest absolute Gasteiger partial charge is 0.283 e. The summed E-state index contributed by atoms with van der Waals surface area (Å²) >= 11 is 1.45. The molecule has 2 aliphatic heterocycles. The van der Waals surface area contributed by atoms with Crippen LogP contribution < -0.4 is 4.74 Å². The van der Waals surface area contributed by atoms with E-state index in [4.69, 9.17) is 15.2 Å². The minimum absolute atomic E-state index is 0.0910. The van der Waals surface area contributed by atoms with Crippen molar-refractivity contribution in [3.05, 3.63) is 70.9 Å². The number of nitrogens with one attached hydrogen (secondary N) is 1. The third-order valence-electron chi connectivity index (χ3n) is 7.34. The molecule has 0 atom stereocenters. The van der Waals surface area contributed by atoms with Gasteiger partial charge >= 0.3 is 0 Å². The molecule has 38 heavy (non-hydrogen) atoms. The Morgan fingerprint density at radius 3 is 2.66 bits per heavy atom. The molecule has 6 rings (SSSR count). The Bertz CT molecular complexity index is 1510. The van der Waals surface area contributed by atoms with Gasteiger partial charge in [0.15, 0.2) is 5.84 Å². The molecule has 1 fully saturated rings. The summed E-state index contributed by atoms with van der Waals surface area (Å²) in [7, 11) is 0. The van der Waals surface area contributed by atoms with Crippen molar-refractivity contribution in [2.24, 2.45) is 16.0 Å². The molecule has 1 aromatic heterocycles. The summed E-state index contributed by atoms with van der Waals surface area (Å²) in [5.74, 6) is 0.978. The van der Waals surface area contributed by atoms with Gasteiger partial charge in [-0.3, -0.25) is 10.2 Å². The average Bonchev–Trinajstić information content (AvgIpc) is 3.48. The SMILES string of the molecule is Cc1cc(C)cc(OCCn2cc(/C=C3/C(=N)N4N=C(C5CCCCC5)SC4=NC3=O)c3ccccc32)c1. The van der Waals surface area contributed by atoms with Crippen LogP contribution in [0.2, 0.25) is 0 Å². The first-order chi connectivity index (χ1) is 18.5. The molecule has 8 heteroatoms. The van der Waals surface area contributed by atoms with Crippen LogP contribution in [0, 0.1) is 25.2 Å². The lowest BCUT2D eigenvalue weighted by Gasteiger charge is -2.20. The van der Waals surface area contributed by atoms with Crippen LogP contribution >= 0.6 is 11.8 Å². The Labute approximate surface area is 226 Å². The summed E-state index contributed by atoms with van der Waals surface area (Å²) in [5, 5.41) is 17.6. The maximum atomic E-state index is 13.0. The van der Waals surface area contributed by atoms with Crippen molar-refractivity contribution in [1.29, 1.82) is 5.41 Å². The van der Waals surface area contributed by atoms with Gasteiger partial charge in [0.05, 0.1) is 12.1 Å². The van der Waals surface area contributed by atoms with E-state index < -0.39 is 0 Å². The Balaban J connectivity index is 1.25. The van der Waals surface area contributed by atoms with Crippen LogP contribution in [0.5, 0.6) is 5.75 Å². The summed E-state index contributed by atoms with van der Waals surface area (Å²) < 4.78 is 8.20. The van der Waals surface area contributed by atoms with E-state index in [1.165, 1.54) is 42.2 Å². The predicted octanol–water partition coefficient (Wildman–Crippen LogP) is 6.54. The molecule has 3 aliphatic rings. The van der Waals surface area contributed by atoms with Crippen LogP contribution in [-0.2, 0) is 11.3 Å². The molecule has 2 aromatic carbocycles. The Kier molecular flexibility index (Phi) is 6.66. The maximum Gasteiger partial charge on any atom is 0.283 e. The lowest BCUT2D eigenvalue weighted by molar-refractivity contribution is -0.114. The number of amidine groups is 2. The van der Waals surface area contributed by atoms with Gasteiger partial charge in [-0.15, -0.1) is 0 Å². The molecule has 0 spiro atoms. The van der Waals surface area contributed by atoms with Crippen LogP contribution in [0.15, 0.2) is 64.3 Å². The summed E-state index contributed by atoms with van der Waals surface area (Å²) in [5.41, 5.74) is 4.55. The fourth-order valence-electron chi connectivity index (χ4n) is 5.53. The number of benzene rings is 2. The third kappa shape index (κ3) is 4.80. The number of para-hydroxylation sites is 1. The van der Waals surface area contributed by atoms with Gasteiger partial charge in [0, 0.05) is 28.6 Å². The number of hydrogen-bond donors (Lipinski definition) is 1. The topological polar surface area (TPSA) is 83.0 Å². The van der Waals surface area contributed by atoms with Gasteiger partial charge in [-0.1, -0.05) is 43.5 Å². The van der Waals surface area contributed by atoms with E-state index in [1.807, 2.05) is 36.5 Å². The van der Waals surface area contributed by atoms with E-state index in [-0.39, 0.29) is 17.3 Å². The van der Waals surface area contributed by atoms with E-state index in [0.717, 1.165) is 40.1 Å². The van der Waals surface area contributed by atoms with Crippen molar-refractivity contribution < 1.29 is 9.53 Å². The number of rotatable bonds is 6. The minimum atomic E-state index is -0.385. The Hall–Kier alpha value is -3.65. The number of ether oxygens (including phenoxy) is 1. The zero-order valence-corrected chi connectivity index (χ0v) is 22.6. The van der Waals surface area contributed by atoms with E-state index in [0.29, 0.717) is 24.2 Å². The van der Waals surface area contributed by atoms with Crippen LogP contribution in [0.4, 0.5) is 0 Å². The Morgan fingerprint density at radius 2 is 1.87 bits per heavy atom. The molecular formula is C30H31N5O2S. The number of aromatic nitrogens is 1. The molecule has 1 N–H and O–H groups in total. The van der Waals surface area contributed by atoms with Crippen LogP contribution in [0.3, 0.4) is 0 Å². The molecule has 0 saturated heterocycles. The van der Waals surface area contributed by atoms with Crippen LogP contribution in [0.25, 0.3) is 17.0 Å². The van der Waals surface area contributed by atoms with E-state index in [9.17, 15) is 4.79 Å². The fourth-order valence-corrected chi connectivity index (χ4v) is 6.59. The highest BCUT2D eigenvalue weighted by Gasteiger charge is 2.38. The van der Waals surface area contributed by atoms with Gasteiger partial charge in [0.25, 0.3) is 5.91 Å². The highest BCUT2D eigenvalue weighted by molar-refractivity contribution is 8.27. The number of aryl methyl sites for hydroxylation is 2. The normalized spacial score (nSPS) is 19.2. The predicted molar refractivity (Wildman–Crippen MR) is 155 cm³/mol. The number of hydrazone groups is 1. The first-order valence-corrected chi connectivity index (χ1v) is 14.1. The molecule has 3 heterocycles. The van der Waals surface area contributed by atoms with Crippen molar-refractivity contribution in [1.82, 2.24) is 9.58 Å². The molecule has 3 aromatic rings. The van der Waals surface area contributed by atoms with Gasteiger partial charge in [0.1, 0.15) is 17.4 Å². The van der Waals surface area contributed by atoms with Gasteiger partial charge in [-0.2, -0.15) is 15.1 Å². The summed E-state index contributed by atoms with van der Waals surface area (Å²) in [6.07, 6.45) is 9.72. The van der Waals surface area contributed by atoms with Gasteiger partial charge < -0.3 is 9.30 Å². The van der Waals surface area contributed by atoms with Crippen molar-refractivity contribution >= 4 is 50.7 Å². The number of amides is 1. The summed E-state index contributed by atoms with van der Waals surface area (Å²) in [4.78, 5) is 17.4. The standard InChI is InChI=1S/C30H31N5O2S/c1-19-14-20(2)16-23(15-19)37-13-12-34-18-22(24-10-6-7-11-26(24)34)17-25-27(31)35-30(32-28(25)36)38-29(33-35)21-8-4-3-5-9-21/h6-7,10-11,14-18,21,31H,3-5,8-9,12-13H2,1-2H3/b25-17-,31-27?. The van der Waals surface area contributed by atoms with E-state index in [2.05, 4.69) is 35.5 Å². The number of hydrogen-bond acceptors (Lipinski definition) is 5. The number of fused-ring (bicyclic) bond motifs is 2. The molecule has 0 radical (unpaired) electrons. The highest BCUT2D eigenvalue weighted by Crippen LogP contribution is 2.36. The number of carbonyl (C=O) groups excluding carboxylic acids is 1. The van der Waals surface area contributed by atoms with Crippen molar-refractivity contribution in [3.8, 4) is 5.75 Å². The third-order valence-corrected chi connectivity index (χ3v) is 8.41. The number of thioether (sulfide) groups is 1.